The number of amides is 1. The molecule has 0 aliphatic heterocycles. The van der Waals surface area contributed by atoms with Gasteiger partial charge in [-0.3, -0.25) is 10.1 Å². The molecule has 1 amide bonds. The van der Waals surface area contributed by atoms with E-state index >= 15 is 0 Å². The third-order valence-corrected chi connectivity index (χ3v) is 3.79. The molecule has 2 rings (SSSR count). The van der Waals surface area contributed by atoms with Gasteiger partial charge in [-0.15, -0.1) is 0 Å². The summed E-state index contributed by atoms with van der Waals surface area (Å²) in [5, 5.41) is 16.1. The summed E-state index contributed by atoms with van der Waals surface area (Å²) in [6.07, 6.45) is -0.309. The van der Waals surface area contributed by atoms with Crippen molar-refractivity contribution in [2.75, 3.05) is 11.9 Å². The summed E-state index contributed by atoms with van der Waals surface area (Å²) in [6.45, 7) is 8.19. The molecule has 0 saturated carbocycles. The van der Waals surface area contributed by atoms with Gasteiger partial charge in [-0.1, -0.05) is 32.9 Å². The number of aryl methyl sites for hydroxylation is 1. The predicted octanol–water partition coefficient (Wildman–Crippen LogP) is 3.76. The summed E-state index contributed by atoms with van der Waals surface area (Å²) in [5.74, 6) is 0.144. The van der Waals surface area contributed by atoms with Crippen LogP contribution in [0.1, 0.15) is 45.4 Å². The van der Waals surface area contributed by atoms with E-state index in [-0.39, 0.29) is 11.4 Å². The summed E-state index contributed by atoms with van der Waals surface area (Å²) >= 11 is 0. The summed E-state index contributed by atoms with van der Waals surface area (Å²) in [6, 6.07) is 9.26. The van der Waals surface area contributed by atoms with Gasteiger partial charge in [0.2, 0.25) is 0 Å². The van der Waals surface area contributed by atoms with Crippen molar-refractivity contribution < 1.29 is 19.4 Å². The first-order valence-corrected chi connectivity index (χ1v) is 8.56. The molecule has 1 aromatic carbocycles. The van der Waals surface area contributed by atoms with Crippen molar-refractivity contribution >= 4 is 17.9 Å². The maximum absolute atomic E-state index is 11.5. The molecular weight excluding hydrogens is 334 g/mol. The third-order valence-electron chi connectivity index (χ3n) is 3.79. The Bertz CT molecular complexity index is 790. The quantitative estimate of drug-likeness (QED) is 0.766. The number of carbonyl (C=O) groups excluding carboxylic acids is 1. The normalized spacial score (nSPS) is 11.2. The first-order chi connectivity index (χ1) is 12.2. The van der Waals surface area contributed by atoms with Gasteiger partial charge in [0.05, 0.1) is 18.0 Å². The Morgan fingerprint density at radius 2 is 2.00 bits per heavy atom. The number of hydrogen-bond acceptors (Lipinski definition) is 4. The van der Waals surface area contributed by atoms with Crippen LogP contribution in [0.15, 0.2) is 30.3 Å². The number of rotatable bonds is 6. The average molecular weight is 359 g/mol. The molecule has 0 unspecified atom stereocenters. The molecule has 1 aromatic heterocycles. The van der Waals surface area contributed by atoms with E-state index < -0.39 is 6.09 Å². The maximum atomic E-state index is 11.5. The van der Waals surface area contributed by atoms with E-state index in [1.807, 2.05) is 45.0 Å². The highest BCUT2D eigenvalue weighted by atomic mass is 16.5. The molecule has 26 heavy (non-hydrogen) atoms. The molecule has 140 valence electrons. The van der Waals surface area contributed by atoms with E-state index in [0.29, 0.717) is 25.3 Å². The molecule has 0 aliphatic rings. The number of esters is 1. The lowest BCUT2D eigenvalue weighted by Crippen LogP contribution is -2.13. The van der Waals surface area contributed by atoms with Crippen molar-refractivity contribution in [1.82, 2.24) is 9.78 Å². The number of hydrogen-bond donors (Lipinski definition) is 2. The number of anilines is 1. The van der Waals surface area contributed by atoms with Crippen LogP contribution in [0.5, 0.6) is 0 Å². The SMILES string of the molecule is CCOC(=O)CCc1cccc(-n2nc(C(C)(C)C)cc2NC(=O)O)c1. The lowest BCUT2D eigenvalue weighted by molar-refractivity contribution is -0.143. The first-order valence-electron chi connectivity index (χ1n) is 8.56. The van der Waals surface area contributed by atoms with Crippen molar-refractivity contribution in [3.05, 3.63) is 41.6 Å². The molecular formula is C19H25N3O4. The molecule has 0 fully saturated rings. The lowest BCUT2D eigenvalue weighted by Gasteiger charge is -2.14. The molecule has 0 bridgehead atoms. The molecule has 7 nitrogen and oxygen atoms in total. The number of ether oxygens (including phenoxy) is 1. The fraction of sp³-hybridized carbons (Fsp3) is 0.421. The topological polar surface area (TPSA) is 93.5 Å². The van der Waals surface area contributed by atoms with Crippen LogP contribution in [-0.2, 0) is 21.4 Å². The van der Waals surface area contributed by atoms with Crippen LogP contribution < -0.4 is 5.32 Å². The standard InChI is InChI=1S/C19H25N3O4/c1-5-26-17(23)10-9-13-7-6-8-14(11-13)22-16(20-18(24)25)12-15(21-22)19(2,3)4/h6-8,11-12,20H,5,9-10H2,1-4H3,(H,24,25). The zero-order chi connectivity index (χ0) is 19.3. The summed E-state index contributed by atoms with van der Waals surface area (Å²) < 4.78 is 6.52. The fourth-order valence-electron chi connectivity index (χ4n) is 2.47. The summed E-state index contributed by atoms with van der Waals surface area (Å²) in [5.41, 5.74) is 2.23. The Labute approximate surface area is 153 Å². The van der Waals surface area contributed by atoms with Crippen LogP contribution in [0.2, 0.25) is 0 Å². The number of benzene rings is 1. The maximum Gasteiger partial charge on any atom is 0.410 e. The minimum Gasteiger partial charge on any atom is -0.466 e. The summed E-state index contributed by atoms with van der Waals surface area (Å²) in [4.78, 5) is 22.7. The monoisotopic (exact) mass is 359 g/mol. The van der Waals surface area contributed by atoms with E-state index in [9.17, 15) is 9.59 Å². The molecule has 0 atom stereocenters. The van der Waals surface area contributed by atoms with Crippen LogP contribution in [0, 0.1) is 0 Å². The zero-order valence-corrected chi connectivity index (χ0v) is 15.6. The number of nitrogens with one attached hydrogen (secondary N) is 1. The van der Waals surface area contributed by atoms with Crippen LogP contribution in [-0.4, -0.2) is 33.6 Å². The second kappa shape index (κ2) is 8.03. The van der Waals surface area contributed by atoms with Gasteiger partial charge in [0.1, 0.15) is 5.82 Å². The number of nitrogens with zero attached hydrogens (tertiary/aromatic N) is 2. The molecule has 2 aromatic rings. The first kappa shape index (κ1) is 19.5. The van der Waals surface area contributed by atoms with E-state index in [0.717, 1.165) is 16.9 Å². The Morgan fingerprint density at radius 1 is 1.27 bits per heavy atom. The molecule has 1 heterocycles. The van der Waals surface area contributed by atoms with Crippen LogP contribution in [0.4, 0.5) is 10.6 Å². The Morgan fingerprint density at radius 3 is 2.62 bits per heavy atom. The molecule has 0 aliphatic carbocycles. The van der Waals surface area contributed by atoms with Crippen molar-refractivity contribution in [3.63, 3.8) is 0 Å². The van der Waals surface area contributed by atoms with Gasteiger partial charge in [0.15, 0.2) is 0 Å². The second-order valence-corrected chi connectivity index (χ2v) is 6.98. The van der Waals surface area contributed by atoms with Crippen LogP contribution >= 0.6 is 0 Å². The smallest absolute Gasteiger partial charge is 0.410 e. The highest BCUT2D eigenvalue weighted by molar-refractivity contribution is 5.82. The van der Waals surface area contributed by atoms with Crippen molar-refractivity contribution in [2.45, 2.75) is 46.0 Å². The minimum absolute atomic E-state index is 0.221. The van der Waals surface area contributed by atoms with Crippen LogP contribution in [0.25, 0.3) is 5.69 Å². The fourth-order valence-corrected chi connectivity index (χ4v) is 2.47. The van der Waals surface area contributed by atoms with Gasteiger partial charge in [-0.05, 0) is 31.0 Å². The van der Waals surface area contributed by atoms with E-state index in [2.05, 4.69) is 10.4 Å². The molecule has 0 saturated heterocycles. The zero-order valence-electron chi connectivity index (χ0n) is 15.6. The number of carbonyl (C=O) groups is 2. The van der Waals surface area contributed by atoms with E-state index in [4.69, 9.17) is 9.84 Å². The minimum atomic E-state index is -1.15. The Hall–Kier alpha value is -2.83. The highest BCUT2D eigenvalue weighted by Crippen LogP contribution is 2.26. The third kappa shape index (κ3) is 5.08. The van der Waals surface area contributed by atoms with E-state index in [1.54, 1.807) is 17.7 Å². The van der Waals surface area contributed by atoms with Gasteiger partial charge in [-0.2, -0.15) is 5.10 Å². The van der Waals surface area contributed by atoms with Crippen molar-refractivity contribution in [1.29, 1.82) is 0 Å². The Kier molecular flexibility index (Phi) is 6.02. The Balaban J connectivity index is 2.32. The van der Waals surface area contributed by atoms with E-state index in [1.165, 1.54) is 0 Å². The number of aromatic nitrogens is 2. The van der Waals surface area contributed by atoms with Gasteiger partial charge in [0, 0.05) is 17.9 Å². The highest BCUT2D eigenvalue weighted by Gasteiger charge is 2.21. The lowest BCUT2D eigenvalue weighted by atomic mass is 9.92. The van der Waals surface area contributed by atoms with Crippen molar-refractivity contribution in [2.24, 2.45) is 0 Å². The molecule has 7 heteroatoms. The molecule has 0 spiro atoms. The molecule has 0 radical (unpaired) electrons. The number of carboxylic acid groups (broad SMARTS) is 1. The van der Waals surface area contributed by atoms with Gasteiger partial charge >= 0.3 is 12.1 Å². The van der Waals surface area contributed by atoms with Crippen LogP contribution in [0.3, 0.4) is 0 Å². The van der Waals surface area contributed by atoms with Gasteiger partial charge in [-0.25, -0.2) is 9.48 Å². The van der Waals surface area contributed by atoms with Gasteiger partial charge in [0.25, 0.3) is 0 Å². The second-order valence-electron chi connectivity index (χ2n) is 6.98. The van der Waals surface area contributed by atoms with Gasteiger partial charge < -0.3 is 9.84 Å². The molecule has 2 N–H and O–H groups in total. The summed E-state index contributed by atoms with van der Waals surface area (Å²) in [7, 11) is 0. The largest absolute Gasteiger partial charge is 0.466 e. The average Bonchev–Trinajstić information content (AvgIpc) is 2.97. The predicted molar refractivity (Wildman–Crippen MR) is 98.9 cm³/mol. The van der Waals surface area contributed by atoms with Crippen molar-refractivity contribution in [3.8, 4) is 5.69 Å².